The van der Waals surface area contributed by atoms with Crippen LogP contribution in [0.15, 0.2) is 10.8 Å². The van der Waals surface area contributed by atoms with E-state index in [0.717, 1.165) is 6.42 Å². The van der Waals surface area contributed by atoms with Crippen LogP contribution in [0.3, 0.4) is 0 Å². The topological polar surface area (TPSA) is 64.5 Å². The first-order chi connectivity index (χ1) is 9.74. The van der Waals surface area contributed by atoms with Crippen molar-refractivity contribution in [2.45, 2.75) is 38.9 Å². The third-order valence-corrected chi connectivity index (χ3v) is 3.83. The SMILES string of the molecule is CC(C)(C)OC(=O)N1CCC(Oc2ncc(Br)nc2I)C1. The summed E-state index contributed by atoms with van der Waals surface area (Å²) in [6, 6.07) is 0. The van der Waals surface area contributed by atoms with Crippen LogP contribution >= 0.6 is 38.5 Å². The van der Waals surface area contributed by atoms with Gasteiger partial charge in [-0.3, -0.25) is 0 Å². The summed E-state index contributed by atoms with van der Waals surface area (Å²) in [6.45, 7) is 6.70. The van der Waals surface area contributed by atoms with Gasteiger partial charge in [0.15, 0.2) is 3.70 Å². The Labute approximate surface area is 145 Å². The predicted molar refractivity (Wildman–Crippen MR) is 89.3 cm³/mol. The van der Waals surface area contributed by atoms with Gasteiger partial charge in [-0.25, -0.2) is 14.8 Å². The molecule has 1 aromatic rings. The van der Waals surface area contributed by atoms with Gasteiger partial charge in [0.2, 0.25) is 5.88 Å². The average molecular weight is 470 g/mol. The van der Waals surface area contributed by atoms with E-state index >= 15 is 0 Å². The molecule has 1 amide bonds. The summed E-state index contributed by atoms with van der Waals surface area (Å²) in [5, 5.41) is 0. The molecule has 1 aliphatic heterocycles. The van der Waals surface area contributed by atoms with E-state index in [9.17, 15) is 4.79 Å². The molecular weight excluding hydrogens is 453 g/mol. The summed E-state index contributed by atoms with van der Waals surface area (Å²) in [7, 11) is 0. The molecule has 1 fully saturated rings. The molecule has 1 aliphatic rings. The highest BCUT2D eigenvalue weighted by molar-refractivity contribution is 14.1. The van der Waals surface area contributed by atoms with Gasteiger partial charge in [-0.2, -0.15) is 0 Å². The van der Waals surface area contributed by atoms with Crippen molar-refractivity contribution in [2.75, 3.05) is 13.1 Å². The second-order valence-corrected chi connectivity index (χ2v) is 7.58. The Balaban J connectivity index is 1.92. The average Bonchev–Trinajstić information content (AvgIpc) is 2.79. The number of rotatable bonds is 2. The number of aromatic nitrogens is 2. The minimum atomic E-state index is -0.484. The van der Waals surface area contributed by atoms with Crippen LogP contribution in [-0.4, -0.2) is 45.8 Å². The maximum absolute atomic E-state index is 12.0. The highest BCUT2D eigenvalue weighted by Crippen LogP contribution is 2.23. The van der Waals surface area contributed by atoms with E-state index in [1.54, 1.807) is 11.1 Å². The zero-order valence-electron chi connectivity index (χ0n) is 12.1. The molecular formula is C13H17BrIN3O3. The van der Waals surface area contributed by atoms with Gasteiger partial charge in [-0.1, -0.05) is 0 Å². The molecule has 2 rings (SSSR count). The summed E-state index contributed by atoms with van der Waals surface area (Å²) < 4.78 is 12.5. The number of halogens is 2. The Bertz CT molecular complexity index is 536. The molecule has 116 valence electrons. The lowest BCUT2D eigenvalue weighted by Gasteiger charge is -2.24. The molecule has 2 heterocycles. The molecule has 1 atom stereocenters. The van der Waals surface area contributed by atoms with Crippen molar-refractivity contribution in [3.63, 3.8) is 0 Å². The van der Waals surface area contributed by atoms with Gasteiger partial charge in [0.25, 0.3) is 0 Å². The smallest absolute Gasteiger partial charge is 0.410 e. The van der Waals surface area contributed by atoms with Crippen molar-refractivity contribution in [3.8, 4) is 5.88 Å². The fourth-order valence-corrected chi connectivity index (χ4v) is 3.03. The van der Waals surface area contributed by atoms with Crippen molar-refractivity contribution < 1.29 is 14.3 Å². The van der Waals surface area contributed by atoms with Crippen molar-refractivity contribution in [1.29, 1.82) is 0 Å². The van der Waals surface area contributed by atoms with E-state index in [1.807, 2.05) is 20.8 Å². The lowest BCUT2D eigenvalue weighted by molar-refractivity contribution is 0.0274. The van der Waals surface area contributed by atoms with Crippen molar-refractivity contribution >= 4 is 44.6 Å². The van der Waals surface area contributed by atoms with Gasteiger partial charge in [-0.15, -0.1) is 0 Å². The molecule has 21 heavy (non-hydrogen) atoms. The molecule has 0 saturated carbocycles. The van der Waals surface area contributed by atoms with Gasteiger partial charge in [0.05, 0.1) is 12.7 Å². The number of amides is 1. The standard InChI is InChI=1S/C13H17BrIN3O3/c1-13(2,3)21-12(19)18-5-4-8(7-18)20-11-10(15)17-9(14)6-16-11/h6,8H,4-5,7H2,1-3H3. The van der Waals surface area contributed by atoms with Crippen LogP contribution in [0.25, 0.3) is 0 Å². The first kappa shape index (κ1) is 16.7. The van der Waals surface area contributed by atoms with Crippen LogP contribution in [0.1, 0.15) is 27.2 Å². The fraction of sp³-hybridized carbons (Fsp3) is 0.615. The molecule has 1 unspecified atom stereocenters. The molecule has 0 bridgehead atoms. The molecule has 0 N–H and O–H groups in total. The summed E-state index contributed by atoms with van der Waals surface area (Å²) in [6.07, 6.45) is 1.97. The number of hydrogen-bond donors (Lipinski definition) is 0. The fourth-order valence-electron chi connectivity index (χ4n) is 1.89. The summed E-state index contributed by atoms with van der Waals surface area (Å²) >= 11 is 5.34. The normalized spacial score (nSPS) is 18.7. The van der Waals surface area contributed by atoms with Crippen LogP contribution in [0.4, 0.5) is 4.79 Å². The highest BCUT2D eigenvalue weighted by Gasteiger charge is 2.31. The third-order valence-electron chi connectivity index (χ3n) is 2.74. The number of likely N-dealkylation sites (tertiary alicyclic amines) is 1. The molecule has 1 aromatic heterocycles. The monoisotopic (exact) mass is 469 g/mol. The Morgan fingerprint density at radius 1 is 1.52 bits per heavy atom. The summed E-state index contributed by atoms with van der Waals surface area (Å²) in [4.78, 5) is 22.1. The second kappa shape index (κ2) is 6.64. The molecule has 0 radical (unpaired) electrons. The Morgan fingerprint density at radius 2 is 2.24 bits per heavy atom. The number of carbonyl (C=O) groups is 1. The third kappa shape index (κ3) is 4.94. The van der Waals surface area contributed by atoms with Crippen LogP contribution in [0.5, 0.6) is 5.88 Å². The molecule has 1 saturated heterocycles. The van der Waals surface area contributed by atoms with Crippen molar-refractivity contribution in [2.24, 2.45) is 0 Å². The Hall–Kier alpha value is -0.640. The Kier molecular flexibility index (Phi) is 5.29. The second-order valence-electron chi connectivity index (χ2n) is 5.74. The molecule has 0 spiro atoms. The first-order valence-electron chi connectivity index (χ1n) is 6.57. The molecule has 0 aromatic carbocycles. The van der Waals surface area contributed by atoms with E-state index in [4.69, 9.17) is 9.47 Å². The van der Waals surface area contributed by atoms with Crippen molar-refractivity contribution in [1.82, 2.24) is 14.9 Å². The van der Waals surface area contributed by atoms with Crippen molar-refractivity contribution in [3.05, 3.63) is 14.5 Å². The van der Waals surface area contributed by atoms with Crippen LogP contribution < -0.4 is 4.74 Å². The van der Waals surface area contributed by atoms with Crippen LogP contribution in [-0.2, 0) is 4.74 Å². The van der Waals surface area contributed by atoms with E-state index in [0.29, 0.717) is 27.3 Å². The number of hydrogen-bond acceptors (Lipinski definition) is 5. The highest BCUT2D eigenvalue weighted by atomic mass is 127. The lowest BCUT2D eigenvalue weighted by atomic mass is 10.2. The molecule has 8 heteroatoms. The minimum Gasteiger partial charge on any atom is -0.471 e. The molecule has 0 aliphatic carbocycles. The molecule has 6 nitrogen and oxygen atoms in total. The van der Waals surface area contributed by atoms with Gasteiger partial charge in [-0.05, 0) is 59.3 Å². The van der Waals surface area contributed by atoms with E-state index in [-0.39, 0.29) is 12.2 Å². The summed E-state index contributed by atoms with van der Waals surface area (Å²) in [5.74, 6) is 0.495. The van der Waals surface area contributed by atoms with Gasteiger partial charge < -0.3 is 14.4 Å². The number of nitrogens with zero attached hydrogens (tertiary/aromatic N) is 3. The van der Waals surface area contributed by atoms with Crippen LogP contribution in [0, 0.1) is 3.70 Å². The first-order valence-corrected chi connectivity index (χ1v) is 8.44. The lowest BCUT2D eigenvalue weighted by Crippen LogP contribution is -2.36. The van der Waals surface area contributed by atoms with Crippen LogP contribution in [0.2, 0.25) is 0 Å². The quantitative estimate of drug-likeness (QED) is 0.622. The van der Waals surface area contributed by atoms with Gasteiger partial charge >= 0.3 is 6.09 Å². The van der Waals surface area contributed by atoms with E-state index < -0.39 is 5.60 Å². The zero-order chi connectivity index (χ0) is 15.6. The number of carbonyl (C=O) groups excluding carboxylic acids is 1. The zero-order valence-corrected chi connectivity index (χ0v) is 15.8. The maximum atomic E-state index is 12.0. The van der Waals surface area contributed by atoms with E-state index in [1.165, 1.54) is 0 Å². The maximum Gasteiger partial charge on any atom is 0.410 e. The Morgan fingerprint density at radius 3 is 2.86 bits per heavy atom. The van der Waals surface area contributed by atoms with Gasteiger partial charge in [0.1, 0.15) is 16.3 Å². The summed E-state index contributed by atoms with van der Waals surface area (Å²) in [5.41, 5.74) is -0.484. The minimum absolute atomic E-state index is 0.0819. The predicted octanol–water partition coefficient (Wildman–Crippen LogP) is 3.23. The number of ether oxygens (including phenoxy) is 2. The largest absolute Gasteiger partial charge is 0.471 e. The van der Waals surface area contributed by atoms with E-state index in [2.05, 4.69) is 48.5 Å². The van der Waals surface area contributed by atoms with Gasteiger partial charge in [0, 0.05) is 13.0 Å².